The van der Waals surface area contributed by atoms with E-state index in [9.17, 15) is 9.59 Å². The zero-order valence-corrected chi connectivity index (χ0v) is 17.4. The quantitative estimate of drug-likeness (QED) is 0.416. The number of ether oxygens (including phenoxy) is 1. The molecule has 1 aromatic rings. The first-order valence-corrected chi connectivity index (χ1v) is 10.6. The fourth-order valence-corrected chi connectivity index (χ4v) is 4.34. The van der Waals surface area contributed by atoms with Gasteiger partial charge in [-0.25, -0.2) is 4.79 Å². The molecule has 1 aliphatic heterocycles. The Morgan fingerprint density at radius 3 is 2.41 bits per heavy atom. The summed E-state index contributed by atoms with van der Waals surface area (Å²) >= 11 is 0. The number of nitrogens with one attached hydrogen (secondary N) is 1. The van der Waals surface area contributed by atoms with Gasteiger partial charge in [0.15, 0.2) is 0 Å². The Hall–Kier alpha value is -2.57. The van der Waals surface area contributed by atoms with Crippen LogP contribution in [0.5, 0.6) is 0 Å². The van der Waals surface area contributed by atoms with Gasteiger partial charge in [-0.15, -0.1) is 0 Å². The van der Waals surface area contributed by atoms with Crippen LogP contribution in [-0.4, -0.2) is 48.0 Å². The molecule has 1 heterocycles. The van der Waals surface area contributed by atoms with Gasteiger partial charge in [0.25, 0.3) is 0 Å². The van der Waals surface area contributed by atoms with E-state index in [0.29, 0.717) is 24.4 Å². The zero-order valence-electron chi connectivity index (χ0n) is 17.4. The number of rotatable bonds is 7. The zero-order chi connectivity index (χ0) is 21.0. The number of nitrogens with two attached hydrogens (primary N) is 1. The summed E-state index contributed by atoms with van der Waals surface area (Å²) in [6.07, 6.45) is 5.40. The number of hydrogen-bond donors (Lipinski definition) is 2. The number of benzene rings is 1. The summed E-state index contributed by atoms with van der Waals surface area (Å²) < 4.78 is 5.22. The molecule has 7 nitrogen and oxygen atoms in total. The molecule has 0 atom stereocenters. The second-order valence-corrected chi connectivity index (χ2v) is 8.34. The van der Waals surface area contributed by atoms with Crippen molar-refractivity contribution < 1.29 is 14.3 Å². The Morgan fingerprint density at radius 2 is 1.83 bits per heavy atom. The van der Waals surface area contributed by atoms with Gasteiger partial charge in [0.2, 0.25) is 0 Å². The number of esters is 1. The minimum atomic E-state index is -0.108. The average Bonchev–Trinajstić information content (AvgIpc) is 3.07. The lowest BCUT2D eigenvalue weighted by Crippen LogP contribution is -2.41. The van der Waals surface area contributed by atoms with E-state index in [1.807, 2.05) is 30.9 Å². The van der Waals surface area contributed by atoms with Crippen molar-refractivity contribution >= 4 is 23.5 Å². The maximum Gasteiger partial charge on any atom is 0.324 e. The Balaban J connectivity index is 1.48. The molecule has 1 aromatic carbocycles. The summed E-state index contributed by atoms with van der Waals surface area (Å²) in [6, 6.07) is 7.61. The molecule has 158 valence electrons. The Labute approximate surface area is 172 Å². The highest BCUT2D eigenvalue weighted by molar-refractivity contribution is 5.97. The fraction of sp³-hybridized carbons (Fsp3) is 0.591. The molecule has 0 unspecified atom stereocenters. The second-order valence-electron chi connectivity index (χ2n) is 8.34. The molecule has 0 bridgehead atoms. The molecule has 7 heteroatoms. The van der Waals surface area contributed by atoms with Gasteiger partial charge in [0, 0.05) is 36.8 Å². The van der Waals surface area contributed by atoms with Crippen molar-refractivity contribution in [2.45, 2.75) is 64.5 Å². The van der Waals surface area contributed by atoms with Crippen molar-refractivity contribution in [3.63, 3.8) is 0 Å². The summed E-state index contributed by atoms with van der Waals surface area (Å²) in [5.41, 5.74) is 7.01. The van der Waals surface area contributed by atoms with Crippen LogP contribution in [0, 0.1) is 11.3 Å². The van der Waals surface area contributed by atoms with Crippen LogP contribution in [0.4, 0.5) is 10.5 Å². The van der Waals surface area contributed by atoms with Gasteiger partial charge in [-0.1, -0.05) is 0 Å². The molecule has 0 radical (unpaired) electrons. The molecule has 2 fully saturated rings. The van der Waals surface area contributed by atoms with Crippen LogP contribution in [0.15, 0.2) is 24.3 Å². The van der Waals surface area contributed by atoms with Crippen LogP contribution in [0.1, 0.15) is 57.9 Å². The van der Waals surface area contributed by atoms with Crippen molar-refractivity contribution in [2.24, 2.45) is 11.7 Å². The van der Waals surface area contributed by atoms with Crippen LogP contribution >= 0.6 is 0 Å². The number of urea groups is 1. The second kappa shape index (κ2) is 9.29. The molecule has 2 amide bonds. The lowest BCUT2D eigenvalue weighted by atomic mass is 9.83. The smallest absolute Gasteiger partial charge is 0.324 e. The average molecular weight is 401 g/mol. The first-order valence-electron chi connectivity index (χ1n) is 10.6. The predicted molar refractivity (Wildman–Crippen MR) is 113 cm³/mol. The summed E-state index contributed by atoms with van der Waals surface area (Å²) in [7, 11) is 0. The maximum absolute atomic E-state index is 12.9. The summed E-state index contributed by atoms with van der Waals surface area (Å²) in [5, 5.41) is 7.48. The van der Waals surface area contributed by atoms with Gasteiger partial charge in [0.05, 0.1) is 6.10 Å². The van der Waals surface area contributed by atoms with E-state index in [1.54, 1.807) is 17.0 Å². The summed E-state index contributed by atoms with van der Waals surface area (Å²) in [4.78, 5) is 28.5. The van der Waals surface area contributed by atoms with E-state index in [1.165, 1.54) is 0 Å². The lowest BCUT2D eigenvalue weighted by Gasteiger charge is -2.34. The summed E-state index contributed by atoms with van der Waals surface area (Å²) in [6.45, 7) is 5.16. The molecule has 1 saturated heterocycles. The minimum absolute atomic E-state index is 0.0279. The van der Waals surface area contributed by atoms with E-state index in [-0.39, 0.29) is 30.0 Å². The molecule has 1 saturated carbocycles. The first kappa shape index (κ1) is 21.1. The highest BCUT2D eigenvalue weighted by atomic mass is 16.5. The third kappa shape index (κ3) is 5.28. The third-order valence-corrected chi connectivity index (χ3v) is 5.91. The van der Waals surface area contributed by atoms with E-state index >= 15 is 0 Å². The molecule has 1 aliphatic carbocycles. The van der Waals surface area contributed by atoms with Crippen LogP contribution < -0.4 is 10.6 Å². The molecule has 0 spiro atoms. The van der Waals surface area contributed by atoms with Crippen molar-refractivity contribution in [3.05, 3.63) is 29.8 Å². The van der Waals surface area contributed by atoms with Gasteiger partial charge < -0.3 is 15.4 Å². The van der Waals surface area contributed by atoms with Gasteiger partial charge >= 0.3 is 12.0 Å². The number of carbonyl (C=O) groups is 2. The van der Waals surface area contributed by atoms with E-state index in [2.05, 4.69) is 0 Å². The molecule has 0 aromatic heterocycles. The molecule has 2 aliphatic rings. The number of amides is 2. The Bertz CT molecular complexity index is 739. The Kier molecular flexibility index (Phi) is 6.77. The van der Waals surface area contributed by atoms with Crippen molar-refractivity contribution in [1.82, 2.24) is 4.90 Å². The normalized spacial score (nSPS) is 22.2. The van der Waals surface area contributed by atoms with Crippen molar-refractivity contribution in [1.29, 1.82) is 5.41 Å². The minimum Gasteiger partial charge on any atom is -0.463 e. The number of nitrogens with zero attached hydrogens (tertiary/aromatic N) is 2. The fourth-order valence-electron chi connectivity index (χ4n) is 4.34. The van der Waals surface area contributed by atoms with Gasteiger partial charge in [0.1, 0.15) is 5.84 Å². The Morgan fingerprint density at radius 1 is 1.17 bits per heavy atom. The van der Waals surface area contributed by atoms with Crippen LogP contribution in [0.2, 0.25) is 0 Å². The number of anilines is 1. The van der Waals surface area contributed by atoms with Crippen molar-refractivity contribution in [3.8, 4) is 0 Å². The molecular weight excluding hydrogens is 368 g/mol. The standard InChI is InChI=1S/C22H32N4O3/c1-15(2)29-20(27)12-5-16-3-8-18(9-4-16)25-13-14-26(22(25)28)19-10-6-17(7-11-19)21(23)24/h6-7,10-11,15-16,18H,3-5,8-9,12-14H2,1-2H3,(H3,23,24)/t16-,18+. The number of hydrogen-bond acceptors (Lipinski definition) is 4. The van der Waals surface area contributed by atoms with Gasteiger partial charge in [-0.05, 0) is 76.1 Å². The highest BCUT2D eigenvalue weighted by Gasteiger charge is 2.36. The maximum atomic E-state index is 12.9. The van der Waals surface area contributed by atoms with E-state index in [4.69, 9.17) is 15.9 Å². The molecule has 29 heavy (non-hydrogen) atoms. The van der Waals surface area contributed by atoms with Crippen LogP contribution in [0.3, 0.4) is 0 Å². The van der Waals surface area contributed by atoms with E-state index in [0.717, 1.165) is 44.3 Å². The van der Waals surface area contributed by atoms with E-state index < -0.39 is 0 Å². The largest absolute Gasteiger partial charge is 0.463 e. The molecular formula is C22H32N4O3. The van der Waals surface area contributed by atoms with Crippen molar-refractivity contribution in [2.75, 3.05) is 18.0 Å². The van der Waals surface area contributed by atoms with Gasteiger partial charge in [-0.3, -0.25) is 15.1 Å². The van der Waals surface area contributed by atoms with Crippen LogP contribution in [0.25, 0.3) is 0 Å². The summed E-state index contributed by atoms with van der Waals surface area (Å²) in [5.74, 6) is 0.460. The molecule has 3 N–H and O–H groups in total. The number of amidine groups is 1. The predicted octanol–water partition coefficient (Wildman–Crippen LogP) is 3.50. The van der Waals surface area contributed by atoms with Gasteiger partial charge in [-0.2, -0.15) is 0 Å². The highest BCUT2D eigenvalue weighted by Crippen LogP contribution is 2.33. The SMILES string of the molecule is CC(C)OC(=O)CC[C@H]1CC[C@@H](N2CCN(c3ccc(C(=N)N)cc3)C2=O)CC1. The van der Waals surface area contributed by atoms with Crippen LogP contribution in [-0.2, 0) is 9.53 Å². The third-order valence-electron chi connectivity index (χ3n) is 5.91. The monoisotopic (exact) mass is 400 g/mol. The number of carbonyl (C=O) groups excluding carboxylic acids is 2. The first-order chi connectivity index (χ1) is 13.8. The molecule has 3 rings (SSSR count). The topological polar surface area (TPSA) is 99.7 Å². The lowest BCUT2D eigenvalue weighted by molar-refractivity contribution is -0.147. The number of nitrogen functional groups attached to an aromatic ring is 1.